The summed E-state index contributed by atoms with van der Waals surface area (Å²) >= 11 is 0. The Labute approximate surface area is 117 Å². The van der Waals surface area contributed by atoms with E-state index in [0.29, 0.717) is 0 Å². The summed E-state index contributed by atoms with van der Waals surface area (Å²) < 4.78 is 10.8. The Bertz CT molecular complexity index is 402. The molecule has 0 amide bonds. The molecule has 1 unspecified atom stereocenters. The summed E-state index contributed by atoms with van der Waals surface area (Å²) in [6.07, 6.45) is 0.974. The Morgan fingerprint density at radius 3 is 2.53 bits per heavy atom. The lowest BCUT2D eigenvalue weighted by molar-refractivity contribution is 0.0154. The number of ether oxygens (including phenoxy) is 2. The largest absolute Gasteiger partial charge is 0.496 e. The van der Waals surface area contributed by atoms with Gasteiger partial charge in [-0.2, -0.15) is 0 Å². The first-order valence-corrected chi connectivity index (χ1v) is 6.82. The van der Waals surface area contributed by atoms with E-state index in [1.807, 2.05) is 6.07 Å². The maximum atomic E-state index is 5.43. The first-order valence-electron chi connectivity index (χ1n) is 6.82. The molecular weight excluding hydrogens is 238 g/mol. The second kappa shape index (κ2) is 6.92. The van der Waals surface area contributed by atoms with Crippen LogP contribution in [0.3, 0.4) is 0 Å². The average Bonchev–Trinajstić information content (AvgIpc) is 2.38. The molecule has 0 aliphatic heterocycles. The zero-order chi connectivity index (χ0) is 14.5. The molecule has 1 atom stereocenters. The van der Waals surface area contributed by atoms with Gasteiger partial charge in [-0.3, -0.25) is 0 Å². The van der Waals surface area contributed by atoms with E-state index in [2.05, 4.69) is 45.1 Å². The van der Waals surface area contributed by atoms with E-state index in [9.17, 15) is 0 Å². The van der Waals surface area contributed by atoms with Crippen LogP contribution in [0.25, 0.3) is 0 Å². The summed E-state index contributed by atoms with van der Waals surface area (Å²) in [5.74, 6) is 0.941. The number of benzene rings is 1. The predicted molar refractivity (Wildman–Crippen MR) is 79.9 cm³/mol. The van der Waals surface area contributed by atoms with Gasteiger partial charge in [0.05, 0.1) is 12.7 Å². The smallest absolute Gasteiger partial charge is 0.123 e. The quantitative estimate of drug-likeness (QED) is 0.819. The highest BCUT2D eigenvalue weighted by Gasteiger charge is 2.17. The summed E-state index contributed by atoms with van der Waals surface area (Å²) in [4.78, 5) is 0. The second-order valence-corrected chi connectivity index (χ2v) is 5.64. The van der Waals surface area contributed by atoms with Crippen LogP contribution in [0.15, 0.2) is 18.2 Å². The molecule has 0 heterocycles. The van der Waals surface area contributed by atoms with Crippen LogP contribution >= 0.6 is 0 Å². The molecule has 0 aliphatic rings. The zero-order valence-corrected chi connectivity index (χ0v) is 13.0. The number of hydrogen-bond acceptors (Lipinski definition) is 3. The molecule has 0 aromatic heterocycles. The van der Waals surface area contributed by atoms with Crippen LogP contribution in [0.1, 0.15) is 44.4 Å². The van der Waals surface area contributed by atoms with Gasteiger partial charge in [-0.15, -0.1) is 0 Å². The van der Waals surface area contributed by atoms with Crippen LogP contribution in [0.4, 0.5) is 0 Å². The predicted octanol–water partition coefficient (Wildman–Crippen LogP) is 3.47. The monoisotopic (exact) mass is 265 g/mol. The van der Waals surface area contributed by atoms with E-state index in [4.69, 9.17) is 9.47 Å². The maximum absolute atomic E-state index is 5.43. The fourth-order valence-corrected chi connectivity index (χ4v) is 1.99. The molecule has 0 aliphatic carbocycles. The number of rotatable bonds is 7. The molecular formula is C16H27NO2. The van der Waals surface area contributed by atoms with E-state index < -0.39 is 0 Å². The van der Waals surface area contributed by atoms with Gasteiger partial charge >= 0.3 is 0 Å². The van der Waals surface area contributed by atoms with Gasteiger partial charge in [0, 0.05) is 18.7 Å². The molecule has 3 heteroatoms. The van der Waals surface area contributed by atoms with E-state index in [1.165, 1.54) is 11.1 Å². The van der Waals surface area contributed by atoms with Crippen LogP contribution in [0.5, 0.6) is 5.75 Å². The van der Waals surface area contributed by atoms with Crippen LogP contribution in [-0.2, 0) is 4.74 Å². The highest BCUT2D eigenvalue weighted by molar-refractivity contribution is 5.38. The first kappa shape index (κ1) is 16.0. The van der Waals surface area contributed by atoms with Crippen molar-refractivity contribution in [1.82, 2.24) is 5.32 Å². The third-order valence-electron chi connectivity index (χ3n) is 3.58. The molecule has 1 N–H and O–H groups in total. The fraction of sp³-hybridized carbons (Fsp3) is 0.625. The van der Waals surface area contributed by atoms with Crippen molar-refractivity contribution in [2.24, 2.45) is 0 Å². The molecule has 1 aromatic rings. The normalized spacial score (nSPS) is 13.4. The van der Waals surface area contributed by atoms with Gasteiger partial charge in [0.1, 0.15) is 5.75 Å². The summed E-state index contributed by atoms with van der Waals surface area (Å²) in [6, 6.07) is 6.55. The molecule has 0 saturated heterocycles. The number of aryl methyl sites for hydroxylation is 1. The zero-order valence-electron chi connectivity index (χ0n) is 13.0. The Morgan fingerprint density at radius 2 is 1.95 bits per heavy atom. The van der Waals surface area contributed by atoms with Gasteiger partial charge in [-0.05, 0) is 46.7 Å². The van der Waals surface area contributed by atoms with Crippen LogP contribution in [-0.4, -0.2) is 26.4 Å². The standard InChI is InChI=1S/C16H27NO2/c1-12-7-8-15(18-5)14(11-12)13(2)17-10-9-16(3,4)19-6/h7-8,11,13,17H,9-10H2,1-6H3. The molecule has 1 rings (SSSR count). The van der Waals surface area contributed by atoms with E-state index in [0.717, 1.165) is 18.7 Å². The number of methoxy groups -OCH3 is 2. The lowest BCUT2D eigenvalue weighted by Crippen LogP contribution is -2.30. The first-order chi connectivity index (χ1) is 8.89. The minimum Gasteiger partial charge on any atom is -0.496 e. The van der Waals surface area contributed by atoms with Crippen LogP contribution in [0, 0.1) is 6.92 Å². The van der Waals surface area contributed by atoms with E-state index >= 15 is 0 Å². The van der Waals surface area contributed by atoms with Gasteiger partial charge in [0.15, 0.2) is 0 Å². The van der Waals surface area contributed by atoms with Crippen molar-refractivity contribution in [2.75, 3.05) is 20.8 Å². The molecule has 108 valence electrons. The Morgan fingerprint density at radius 1 is 1.26 bits per heavy atom. The Hall–Kier alpha value is -1.06. The summed E-state index contributed by atoms with van der Waals surface area (Å²) in [5.41, 5.74) is 2.38. The van der Waals surface area contributed by atoms with Crippen LogP contribution < -0.4 is 10.1 Å². The van der Waals surface area contributed by atoms with Crippen LogP contribution in [0.2, 0.25) is 0 Å². The third-order valence-corrected chi connectivity index (χ3v) is 3.58. The Kier molecular flexibility index (Phi) is 5.83. The molecule has 19 heavy (non-hydrogen) atoms. The minimum absolute atomic E-state index is 0.0799. The highest BCUT2D eigenvalue weighted by Crippen LogP contribution is 2.26. The van der Waals surface area contributed by atoms with Crippen molar-refractivity contribution in [2.45, 2.75) is 45.8 Å². The summed E-state index contributed by atoms with van der Waals surface area (Å²) in [5, 5.41) is 3.53. The SMILES string of the molecule is COc1ccc(C)cc1C(C)NCCC(C)(C)OC. The van der Waals surface area contributed by atoms with Crippen molar-refractivity contribution in [3.05, 3.63) is 29.3 Å². The van der Waals surface area contributed by atoms with Gasteiger partial charge in [0.2, 0.25) is 0 Å². The molecule has 0 spiro atoms. The van der Waals surface area contributed by atoms with Gasteiger partial charge in [-0.1, -0.05) is 17.7 Å². The Balaban J connectivity index is 2.63. The van der Waals surface area contributed by atoms with Crippen molar-refractivity contribution >= 4 is 0 Å². The van der Waals surface area contributed by atoms with Gasteiger partial charge in [0.25, 0.3) is 0 Å². The summed E-state index contributed by atoms with van der Waals surface area (Å²) in [6.45, 7) is 9.39. The third kappa shape index (κ3) is 4.84. The second-order valence-electron chi connectivity index (χ2n) is 5.64. The number of nitrogens with one attached hydrogen (secondary N) is 1. The van der Waals surface area contributed by atoms with Gasteiger partial charge < -0.3 is 14.8 Å². The lowest BCUT2D eigenvalue weighted by Gasteiger charge is -2.24. The van der Waals surface area contributed by atoms with Crippen molar-refractivity contribution < 1.29 is 9.47 Å². The van der Waals surface area contributed by atoms with Gasteiger partial charge in [-0.25, -0.2) is 0 Å². The molecule has 0 saturated carbocycles. The van der Waals surface area contributed by atoms with Crippen molar-refractivity contribution in [1.29, 1.82) is 0 Å². The maximum Gasteiger partial charge on any atom is 0.123 e. The number of hydrogen-bond donors (Lipinski definition) is 1. The topological polar surface area (TPSA) is 30.5 Å². The van der Waals surface area contributed by atoms with Crippen molar-refractivity contribution in [3.8, 4) is 5.75 Å². The fourth-order valence-electron chi connectivity index (χ4n) is 1.99. The van der Waals surface area contributed by atoms with E-state index in [-0.39, 0.29) is 11.6 Å². The summed E-state index contributed by atoms with van der Waals surface area (Å²) in [7, 11) is 3.47. The molecule has 1 aromatic carbocycles. The molecule has 0 fully saturated rings. The average molecular weight is 265 g/mol. The lowest BCUT2D eigenvalue weighted by atomic mass is 10.0. The van der Waals surface area contributed by atoms with E-state index in [1.54, 1.807) is 14.2 Å². The molecule has 0 radical (unpaired) electrons. The molecule has 0 bridgehead atoms. The van der Waals surface area contributed by atoms with Crippen molar-refractivity contribution in [3.63, 3.8) is 0 Å². The highest BCUT2D eigenvalue weighted by atomic mass is 16.5. The minimum atomic E-state index is -0.0799. The molecule has 3 nitrogen and oxygen atoms in total.